The van der Waals surface area contributed by atoms with Crippen LogP contribution in [0.5, 0.6) is 0 Å². The first-order valence-electron chi connectivity index (χ1n) is 13.5. The molecule has 0 nitrogen and oxygen atoms in total. The molecule has 0 aromatic carbocycles. The monoisotopic (exact) mass is 550 g/mol. The third kappa shape index (κ3) is 7.01. The summed E-state index contributed by atoms with van der Waals surface area (Å²) in [6.07, 6.45) is 13.0. The quantitative estimate of drug-likeness (QED) is 0.115. The Morgan fingerprint density at radius 3 is 1.75 bits per heavy atom. The van der Waals surface area contributed by atoms with Crippen molar-refractivity contribution in [2.75, 3.05) is 0 Å². The fourth-order valence-corrected chi connectivity index (χ4v) is 9.09. The summed E-state index contributed by atoms with van der Waals surface area (Å²) in [5, 5.41) is 0. The molecular formula is C32H38S4. The van der Waals surface area contributed by atoms with Crippen LogP contribution >= 0.6 is 45.3 Å². The normalized spacial score (nSPS) is 11.1. The van der Waals surface area contributed by atoms with Crippen molar-refractivity contribution in [2.45, 2.75) is 91.9 Å². The van der Waals surface area contributed by atoms with E-state index < -0.39 is 0 Å². The van der Waals surface area contributed by atoms with E-state index in [-0.39, 0.29) is 0 Å². The molecule has 4 heteroatoms. The molecule has 190 valence electrons. The van der Waals surface area contributed by atoms with Crippen LogP contribution in [-0.4, -0.2) is 0 Å². The first-order chi connectivity index (χ1) is 17.6. The van der Waals surface area contributed by atoms with Crippen LogP contribution in [0, 0.1) is 18.8 Å². The molecule has 0 N–H and O–H groups in total. The number of rotatable bonds is 13. The average Bonchev–Trinajstić information content (AvgIpc) is 3.66. The molecule has 4 rings (SSSR count). The molecule has 4 heterocycles. The summed E-state index contributed by atoms with van der Waals surface area (Å²) in [4.78, 5) is 11.2. The van der Waals surface area contributed by atoms with E-state index >= 15 is 0 Å². The molecule has 36 heavy (non-hydrogen) atoms. The van der Waals surface area contributed by atoms with Gasteiger partial charge >= 0.3 is 0 Å². The van der Waals surface area contributed by atoms with Crippen molar-refractivity contribution in [3.8, 4) is 42.5 Å². The van der Waals surface area contributed by atoms with E-state index in [0.717, 1.165) is 0 Å². The first kappa shape index (κ1) is 27.4. The van der Waals surface area contributed by atoms with Gasteiger partial charge < -0.3 is 0 Å². The Bertz CT molecular complexity index is 1300. The Kier molecular flexibility index (Phi) is 10.5. The predicted molar refractivity (Wildman–Crippen MR) is 167 cm³/mol. The van der Waals surface area contributed by atoms with Crippen molar-refractivity contribution in [3.05, 3.63) is 55.9 Å². The van der Waals surface area contributed by atoms with Crippen molar-refractivity contribution in [1.82, 2.24) is 0 Å². The summed E-state index contributed by atoms with van der Waals surface area (Å²) in [5.41, 5.74) is 2.76. The van der Waals surface area contributed by atoms with Gasteiger partial charge in [-0.15, -0.1) is 51.3 Å². The van der Waals surface area contributed by atoms with Crippen LogP contribution in [0.15, 0.2) is 36.4 Å². The van der Waals surface area contributed by atoms with E-state index in [4.69, 9.17) is 0 Å². The van der Waals surface area contributed by atoms with Crippen molar-refractivity contribution in [3.63, 3.8) is 0 Å². The minimum atomic E-state index is 1.17. The van der Waals surface area contributed by atoms with E-state index in [0.29, 0.717) is 0 Å². The maximum Gasteiger partial charge on any atom is 0.0781 e. The molecule has 0 saturated carbocycles. The number of hydrogen-bond acceptors (Lipinski definition) is 4. The Morgan fingerprint density at radius 2 is 1.19 bits per heavy atom. The van der Waals surface area contributed by atoms with Gasteiger partial charge in [0.25, 0.3) is 0 Å². The largest absolute Gasteiger partial charge is 0.140 e. The van der Waals surface area contributed by atoms with Gasteiger partial charge in [-0.1, -0.05) is 58.3 Å². The fourth-order valence-electron chi connectivity index (χ4n) is 4.56. The second kappa shape index (κ2) is 13.8. The summed E-state index contributed by atoms with van der Waals surface area (Å²) in [6.45, 7) is 8.75. The van der Waals surface area contributed by atoms with Crippen molar-refractivity contribution in [1.29, 1.82) is 0 Å². The summed E-state index contributed by atoms with van der Waals surface area (Å²) in [6, 6.07) is 14.1. The van der Waals surface area contributed by atoms with E-state index in [9.17, 15) is 0 Å². The van der Waals surface area contributed by atoms with Gasteiger partial charge in [0.05, 0.1) is 14.6 Å². The molecule has 4 aromatic rings. The second-order valence-electron chi connectivity index (χ2n) is 9.48. The van der Waals surface area contributed by atoms with Gasteiger partial charge in [0, 0.05) is 35.5 Å². The fraction of sp³-hybridized carbons (Fsp3) is 0.438. The van der Waals surface area contributed by atoms with Crippen LogP contribution in [-0.2, 0) is 12.8 Å². The average molecular weight is 551 g/mol. The molecule has 0 bridgehead atoms. The maximum atomic E-state index is 3.35. The van der Waals surface area contributed by atoms with Crippen LogP contribution < -0.4 is 0 Å². The lowest BCUT2D eigenvalue weighted by Crippen LogP contribution is -1.80. The highest BCUT2D eigenvalue weighted by atomic mass is 32.1. The van der Waals surface area contributed by atoms with E-state index in [1.54, 1.807) is 0 Å². The minimum Gasteiger partial charge on any atom is -0.140 e. The Labute approximate surface area is 234 Å². The number of hydrogen-bond donors (Lipinski definition) is 0. The molecule has 0 aliphatic heterocycles. The zero-order valence-electron chi connectivity index (χ0n) is 22.2. The standard InChI is InChI=1S/C32H38S4/c1-5-8-10-12-15-24-17-19-29(34-24)27-21-23(4)33-31(27)32-28(22-26(36-32)14-7-3)30-20-18-25(35-30)16-13-11-9-6-2/h17-22H,5-6,8-13,15-16H2,1-4H3. The van der Waals surface area contributed by atoms with Crippen LogP contribution in [0.3, 0.4) is 0 Å². The van der Waals surface area contributed by atoms with Crippen LogP contribution in [0.2, 0.25) is 0 Å². The highest BCUT2D eigenvalue weighted by Gasteiger charge is 2.21. The molecule has 0 unspecified atom stereocenters. The molecule has 0 spiro atoms. The highest BCUT2D eigenvalue weighted by molar-refractivity contribution is 7.24. The Morgan fingerprint density at radius 1 is 0.639 bits per heavy atom. The Balaban J connectivity index is 1.64. The Hall–Kier alpha value is -1.64. The molecule has 0 aliphatic carbocycles. The van der Waals surface area contributed by atoms with Gasteiger partial charge in [-0.05, 0) is 75.9 Å². The highest BCUT2D eigenvalue weighted by Crippen LogP contribution is 2.49. The smallest absolute Gasteiger partial charge is 0.0781 e. The number of aryl methyl sites for hydroxylation is 3. The minimum absolute atomic E-state index is 1.17. The molecular weight excluding hydrogens is 513 g/mol. The van der Waals surface area contributed by atoms with Gasteiger partial charge in [0.1, 0.15) is 0 Å². The molecule has 0 atom stereocenters. The molecule has 4 aromatic heterocycles. The topological polar surface area (TPSA) is 0 Å². The van der Waals surface area contributed by atoms with Gasteiger partial charge in [-0.2, -0.15) is 0 Å². The lowest BCUT2D eigenvalue weighted by molar-refractivity contribution is 0.670. The van der Waals surface area contributed by atoms with E-state index in [1.807, 2.05) is 52.3 Å². The number of thiophene rings is 4. The van der Waals surface area contributed by atoms with Crippen molar-refractivity contribution < 1.29 is 0 Å². The molecule has 0 saturated heterocycles. The zero-order chi connectivity index (χ0) is 25.3. The van der Waals surface area contributed by atoms with Gasteiger partial charge in [-0.3, -0.25) is 0 Å². The third-order valence-corrected chi connectivity index (χ3v) is 11.1. The van der Waals surface area contributed by atoms with Crippen LogP contribution in [0.25, 0.3) is 30.6 Å². The molecule has 0 radical (unpaired) electrons. The molecule has 0 aliphatic rings. The zero-order valence-corrected chi connectivity index (χ0v) is 25.4. The predicted octanol–water partition coefficient (Wildman–Crippen LogP) is 11.9. The number of unbranched alkanes of at least 4 members (excludes halogenated alkanes) is 6. The summed E-state index contributed by atoms with van der Waals surface area (Å²) in [5.74, 6) is 6.47. The van der Waals surface area contributed by atoms with E-state index in [1.165, 1.54) is 114 Å². The van der Waals surface area contributed by atoms with Gasteiger partial charge in [-0.25, -0.2) is 0 Å². The lowest BCUT2D eigenvalue weighted by atomic mass is 10.1. The summed E-state index contributed by atoms with van der Waals surface area (Å²) < 4.78 is 0. The maximum absolute atomic E-state index is 3.35. The molecule has 0 amide bonds. The first-order valence-corrected chi connectivity index (χ1v) is 16.7. The summed E-state index contributed by atoms with van der Waals surface area (Å²) in [7, 11) is 0. The third-order valence-electron chi connectivity index (χ3n) is 6.45. The second-order valence-corrected chi connectivity index (χ2v) is 14.1. The van der Waals surface area contributed by atoms with Crippen LogP contribution in [0.4, 0.5) is 0 Å². The van der Waals surface area contributed by atoms with Gasteiger partial charge in [0.15, 0.2) is 0 Å². The van der Waals surface area contributed by atoms with Crippen molar-refractivity contribution in [2.24, 2.45) is 0 Å². The van der Waals surface area contributed by atoms with Gasteiger partial charge in [0.2, 0.25) is 0 Å². The molecule has 0 fully saturated rings. The van der Waals surface area contributed by atoms with Crippen LogP contribution in [0.1, 0.15) is 91.6 Å². The van der Waals surface area contributed by atoms with E-state index in [2.05, 4.69) is 69.0 Å². The lowest BCUT2D eigenvalue weighted by Gasteiger charge is -2.03. The SMILES string of the molecule is CC#Cc1cc(-c2ccc(CCCCCC)s2)c(-c2sc(C)cc2-c2ccc(CCCCCC)s2)s1. The van der Waals surface area contributed by atoms with Crippen molar-refractivity contribution >= 4 is 45.3 Å². The summed E-state index contributed by atoms with van der Waals surface area (Å²) >= 11 is 7.76.